The van der Waals surface area contributed by atoms with Gasteiger partial charge in [0, 0.05) is 10.7 Å². The number of rotatable bonds is 8. The van der Waals surface area contributed by atoms with E-state index in [-0.39, 0.29) is 6.42 Å². The lowest BCUT2D eigenvalue weighted by Gasteiger charge is -2.09. The van der Waals surface area contributed by atoms with Crippen LogP contribution in [-0.4, -0.2) is 18.0 Å². The maximum atomic E-state index is 11.9. The van der Waals surface area contributed by atoms with E-state index in [1.807, 2.05) is 48.5 Å². The van der Waals surface area contributed by atoms with Crippen LogP contribution in [0.25, 0.3) is 0 Å². The highest BCUT2D eigenvalue weighted by Crippen LogP contribution is 2.26. The largest absolute Gasteiger partial charge is 0.488 e. The van der Waals surface area contributed by atoms with E-state index in [9.17, 15) is 9.59 Å². The van der Waals surface area contributed by atoms with Crippen LogP contribution in [0.15, 0.2) is 82.4 Å². The number of hydrazone groups is 1. The maximum absolute atomic E-state index is 11.9. The van der Waals surface area contributed by atoms with Gasteiger partial charge in [-0.1, -0.05) is 41.9 Å². The van der Waals surface area contributed by atoms with Crippen molar-refractivity contribution in [3.8, 4) is 5.75 Å². The second-order valence-corrected chi connectivity index (χ2v) is 7.78. The SMILES string of the molecule is O=C(CC(=O)Nc1ccc(Cl)cc1)NN=Cc1ccc(OCc2ccccc2)c(Br)c1. The highest BCUT2D eigenvalue weighted by atomic mass is 79.9. The number of benzene rings is 3. The third kappa shape index (κ3) is 7.55. The summed E-state index contributed by atoms with van der Waals surface area (Å²) in [4.78, 5) is 23.8. The van der Waals surface area contributed by atoms with Crippen LogP contribution in [0, 0.1) is 0 Å². The molecule has 158 valence electrons. The molecular formula is C23H19BrClN3O3. The summed E-state index contributed by atoms with van der Waals surface area (Å²) in [6.07, 6.45) is 1.14. The lowest BCUT2D eigenvalue weighted by Crippen LogP contribution is -2.24. The average Bonchev–Trinajstić information content (AvgIpc) is 2.75. The smallest absolute Gasteiger partial charge is 0.249 e. The minimum absolute atomic E-state index is 0.351. The molecular weight excluding hydrogens is 482 g/mol. The van der Waals surface area contributed by atoms with Crippen molar-refractivity contribution in [1.29, 1.82) is 0 Å². The van der Waals surface area contributed by atoms with Crippen molar-refractivity contribution in [3.05, 3.63) is 93.4 Å². The van der Waals surface area contributed by atoms with E-state index in [1.54, 1.807) is 24.3 Å². The molecule has 0 aromatic heterocycles. The van der Waals surface area contributed by atoms with E-state index >= 15 is 0 Å². The first-order valence-corrected chi connectivity index (χ1v) is 10.5. The molecule has 3 aromatic carbocycles. The predicted octanol–water partition coefficient (Wildman–Crippen LogP) is 5.16. The summed E-state index contributed by atoms with van der Waals surface area (Å²) in [5.74, 6) is -0.272. The lowest BCUT2D eigenvalue weighted by atomic mass is 10.2. The summed E-state index contributed by atoms with van der Waals surface area (Å²) in [6, 6.07) is 21.9. The van der Waals surface area contributed by atoms with Crippen LogP contribution in [0.1, 0.15) is 17.5 Å². The topological polar surface area (TPSA) is 79.8 Å². The van der Waals surface area contributed by atoms with Gasteiger partial charge in [0.05, 0.1) is 10.7 Å². The molecule has 31 heavy (non-hydrogen) atoms. The lowest BCUT2D eigenvalue weighted by molar-refractivity contribution is -0.126. The van der Waals surface area contributed by atoms with E-state index in [0.29, 0.717) is 23.1 Å². The second kappa shape index (κ2) is 11.3. The summed E-state index contributed by atoms with van der Waals surface area (Å²) < 4.78 is 6.57. The van der Waals surface area contributed by atoms with Crippen LogP contribution in [0.2, 0.25) is 5.02 Å². The van der Waals surface area contributed by atoms with E-state index < -0.39 is 11.8 Å². The molecule has 0 saturated carbocycles. The number of hydrogen-bond donors (Lipinski definition) is 2. The first kappa shape index (κ1) is 22.5. The predicted molar refractivity (Wildman–Crippen MR) is 125 cm³/mol. The molecule has 0 unspecified atom stereocenters. The van der Waals surface area contributed by atoms with Gasteiger partial charge >= 0.3 is 0 Å². The molecule has 6 nitrogen and oxygen atoms in total. The maximum Gasteiger partial charge on any atom is 0.249 e. The van der Waals surface area contributed by atoms with Crippen molar-refractivity contribution in [2.24, 2.45) is 5.10 Å². The highest BCUT2D eigenvalue weighted by Gasteiger charge is 2.09. The molecule has 0 spiro atoms. The number of ether oxygens (including phenoxy) is 1. The van der Waals surface area contributed by atoms with Crippen LogP contribution in [0.3, 0.4) is 0 Å². The van der Waals surface area contributed by atoms with Crippen LogP contribution in [0.5, 0.6) is 5.75 Å². The van der Waals surface area contributed by atoms with Gasteiger partial charge in [-0.25, -0.2) is 5.43 Å². The molecule has 0 aliphatic carbocycles. The molecule has 0 atom stereocenters. The number of halogens is 2. The van der Waals surface area contributed by atoms with Crippen LogP contribution >= 0.6 is 27.5 Å². The van der Waals surface area contributed by atoms with Crippen LogP contribution in [0.4, 0.5) is 5.69 Å². The fourth-order valence-electron chi connectivity index (χ4n) is 2.55. The summed E-state index contributed by atoms with van der Waals surface area (Å²) in [7, 11) is 0. The van der Waals surface area contributed by atoms with Gasteiger partial charge in [-0.15, -0.1) is 0 Å². The number of anilines is 1. The fraction of sp³-hybridized carbons (Fsp3) is 0.0870. The Bertz CT molecular complexity index is 1070. The molecule has 0 aliphatic rings. The van der Waals surface area contributed by atoms with E-state index in [1.165, 1.54) is 6.21 Å². The molecule has 0 radical (unpaired) electrons. The Morgan fingerprint density at radius 2 is 1.74 bits per heavy atom. The molecule has 2 amide bonds. The number of nitrogens with one attached hydrogen (secondary N) is 2. The van der Waals surface area contributed by atoms with E-state index in [0.717, 1.165) is 15.6 Å². The molecule has 0 saturated heterocycles. The number of carbonyl (C=O) groups is 2. The molecule has 8 heteroatoms. The Labute approximate surface area is 193 Å². The minimum atomic E-state index is -0.524. The zero-order valence-electron chi connectivity index (χ0n) is 16.3. The summed E-state index contributed by atoms with van der Waals surface area (Å²) in [5.41, 5.74) is 4.73. The van der Waals surface area contributed by atoms with Gasteiger partial charge in [-0.3, -0.25) is 9.59 Å². The molecule has 3 aromatic rings. The molecule has 0 aliphatic heterocycles. The Kier molecular flexibility index (Phi) is 8.20. The fourth-order valence-corrected chi connectivity index (χ4v) is 3.19. The molecule has 2 N–H and O–H groups in total. The van der Waals surface area contributed by atoms with Crippen molar-refractivity contribution in [1.82, 2.24) is 5.43 Å². The second-order valence-electron chi connectivity index (χ2n) is 6.49. The van der Waals surface area contributed by atoms with Crippen molar-refractivity contribution >= 4 is 51.2 Å². The van der Waals surface area contributed by atoms with Gasteiger partial charge in [0.2, 0.25) is 11.8 Å². The van der Waals surface area contributed by atoms with Crippen LogP contribution < -0.4 is 15.5 Å². The third-order valence-corrected chi connectivity index (χ3v) is 4.92. The molecule has 0 fully saturated rings. The Balaban J connectivity index is 1.46. The third-order valence-electron chi connectivity index (χ3n) is 4.05. The van der Waals surface area contributed by atoms with Crippen molar-refractivity contribution in [3.63, 3.8) is 0 Å². The number of carbonyl (C=O) groups excluding carboxylic acids is 2. The van der Waals surface area contributed by atoms with Crippen LogP contribution in [-0.2, 0) is 16.2 Å². The van der Waals surface area contributed by atoms with Gasteiger partial charge in [0.1, 0.15) is 18.8 Å². The molecule has 0 bridgehead atoms. The van der Waals surface area contributed by atoms with E-state index in [2.05, 4.69) is 31.8 Å². The summed E-state index contributed by atoms with van der Waals surface area (Å²) in [5, 5.41) is 7.07. The number of amides is 2. The van der Waals surface area contributed by atoms with Crippen molar-refractivity contribution < 1.29 is 14.3 Å². The standard InChI is InChI=1S/C23H19BrClN3O3/c24-20-12-17(6-11-21(20)31-15-16-4-2-1-3-5-16)14-26-28-23(30)13-22(29)27-19-9-7-18(25)8-10-19/h1-12,14H,13,15H2,(H,27,29)(H,28,30). The summed E-state index contributed by atoms with van der Waals surface area (Å²) >= 11 is 9.27. The number of hydrogen-bond acceptors (Lipinski definition) is 4. The minimum Gasteiger partial charge on any atom is -0.488 e. The van der Waals surface area contributed by atoms with Gasteiger partial charge in [-0.2, -0.15) is 5.10 Å². The first-order chi connectivity index (χ1) is 15.0. The van der Waals surface area contributed by atoms with Gasteiger partial charge in [-0.05, 0) is 69.5 Å². The van der Waals surface area contributed by atoms with Gasteiger partial charge in [0.25, 0.3) is 0 Å². The zero-order chi connectivity index (χ0) is 22.1. The molecule has 3 rings (SSSR count). The molecule has 0 heterocycles. The Morgan fingerprint density at radius 1 is 1.00 bits per heavy atom. The monoisotopic (exact) mass is 499 g/mol. The first-order valence-electron chi connectivity index (χ1n) is 9.33. The number of nitrogens with zero attached hydrogens (tertiary/aromatic N) is 1. The normalized spacial score (nSPS) is 10.6. The highest BCUT2D eigenvalue weighted by molar-refractivity contribution is 9.10. The van der Waals surface area contributed by atoms with E-state index in [4.69, 9.17) is 16.3 Å². The Morgan fingerprint density at radius 3 is 2.45 bits per heavy atom. The van der Waals surface area contributed by atoms with Crippen molar-refractivity contribution in [2.75, 3.05) is 5.32 Å². The van der Waals surface area contributed by atoms with Crippen molar-refractivity contribution in [2.45, 2.75) is 13.0 Å². The summed E-state index contributed by atoms with van der Waals surface area (Å²) in [6.45, 7) is 0.459. The van der Waals surface area contributed by atoms with Gasteiger partial charge < -0.3 is 10.1 Å². The Hall–Kier alpha value is -3.16. The van der Waals surface area contributed by atoms with Gasteiger partial charge in [0.15, 0.2) is 0 Å². The quantitative estimate of drug-likeness (QED) is 0.255. The zero-order valence-corrected chi connectivity index (χ0v) is 18.7. The average molecular weight is 501 g/mol.